The van der Waals surface area contributed by atoms with Gasteiger partial charge in [-0.3, -0.25) is 9.59 Å². The summed E-state index contributed by atoms with van der Waals surface area (Å²) in [5, 5.41) is 12.4. The number of rotatable bonds is 5. The molecule has 0 aromatic heterocycles. The van der Waals surface area contributed by atoms with Gasteiger partial charge >= 0.3 is 5.97 Å². The van der Waals surface area contributed by atoms with Crippen LogP contribution >= 0.6 is 0 Å². The van der Waals surface area contributed by atoms with E-state index in [4.69, 9.17) is 0 Å². The monoisotopic (exact) mass is 358 g/mol. The first-order chi connectivity index (χ1) is 12.4. The van der Waals surface area contributed by atoms with Gasteiger partial charge in [-0.2, -0.15) is 0 Å². The SMILES string of the molecule is CC(c1ccccc1)N1CC(C(=O)NC2(C(=O)O)CCCCC2)CC1=O. The van der Waals surface area contributed by atoms with Crippen molar-refractivity contribution >= 4 is 17.8 Å². The predicted octanol–water partition coefficient (Wildman–Crippen LogP) is 2.50. The van der Waals surface area contributed by atoms with E-state index in [1.165, 1.54) is 0 Å². The Kier molecular flexibility index (Phi) is 5.30. The lowest BCUT2D eigenvalue weighted by Gasteiger charge is -2.34. The molecule has 1 saturated carbocycles. The molecule has 2 unspecified atom stereocenters. The number of nitrogens with zero attached hydrogens (tertiary/aromatic N) is 1. The Hall–Kier alpha value is -2.37. The highest BCUT2D eigenvalue weighted by Crippen LogP contribution is 2.32. The van der Waals surface area contributed by atoms with Crippen molar-refractivity contribution in [3.8, 4) is 0 Å². The lowest BCUT2D eigenvalue weighted by Crippen LogP contribution is -2.57. The van der Waals surface area contributed by atoms with Crippen LogP contribution in [0.5, 0.6) is 0 Å². The van der Waals surface area contributed by atoms with E-state index >= 15 is 0 Å². The maximum absolute atomic E-state index is 12.7. The summed E-state index contributed by atoms with van der Waals surface area (Å²) in [6.45, 7) is 2.28. The summed E-state index contributed by atoms with van der Waals surface area (Å²) in [5.41, 5.74) is -0.146. The molecule has 140 valence electrons. The fourth-order valence-corrected chi connectivity index (χ4v) is 4.08. The summed E-state index contributed by atoms with van der Waals surface area (Å²) in [7, 11) is 0. The second-order valence-corrected chi connectivity index (χ2v) is 7.47. The van der Waals surface area contributed by atoms with Gasteiger partial charge < -0.3 is 15.3 Å². The molecule has 6 heteroatoms. The molecule has 2 aliphatic rings. The van der Waals surface area contributed by atoms with Gasteiger partial charge in [-0.1, -0.05) is 49.6 Å². The molecule has 1 heterocycles. The Morgan fingerprint density at radius 3 is 2.46 bits per heavy atom. The van der Waals surface area contributed by atoms with Gasteiger partial charge in [0.05, 0.1) is 12.0 Å². The second-order valence-electron chi connectivity index (χ2n) is 7.47. The molecule has 2 N–H and O–H groups in total. The highest BCUT2D eigenvalue weighted by Gasteiger charge is 2.44. The number of hydrogen-bond donors (Lipinski definition) is 2. The Morgan fingerprint density at radius 1 is 1.19 bits per heavy atom. The number of nitrogens with one attached hydrogen (secondary N) is 1. The Balaban J connectivity index is 1.68. The molecule has 1 aromatic rings. The number of amides is 2. The molecule has 1 aromatic carbocycles. The molecular formula is C20H26N2O4. The van der Waals surface area contributed by atoms with Crippen molar-refractivity contribution in [2.24, 2.45) is 5.92 Å². The van der Waals surface area contributed by atoms with Crippen molar-refractivity contribution in [3.63, 3.8) is 0 Å². The zero-order chi connectivity index (χ0) is 18.7. The first kappa shape index (κ1) is 18.4. The molecule has 2 atom stereocenters. The van der Waals surface area contributed by atoms with E-state index < -0.39 is 17.4 Å². The summed E-state index contributed by atoms with van der Waals surface area (Å²) in [6.07, 6.45) is 3.65. The van der Waals surface area contributed by atoms with Gasteiger partial charge in [0.15, 0.2) is 0 Å². The Morgan fingerprint density at radius 2 is 1.85 bits per heavy atom. The molecule has 1 aliphatic heterocycles. The third-order valence-corrected chi connectivity index (χ3v) is 5.76. The van der Waals surface area contributed by atoms with E-state index in [-0.39, 0.29) is 24.3 Å². The molecule has 0 spiro atoms. The first-order valence-corrected chi connectivity index (χ1v) is 9.33. The van der Waals surface area contributed by atoms with Crippen LogP contribution in [0.3, 0.4) is 0 Å². The molecule has 3 rings (SSSR count). The number of likely N-dealkylation sites (tertiary alicyclic amines) is 1. The van der Waals surface area contributed by atoms with Crippen LogP contribution < -0.4 is 5.32 Å². The Bertz CT molecular complexity index is 682. The van der Waals surface area contributed by atoms with E-state index in [9.17, 15) is 19.5 Å². The fourth-order valence-electron chi connectivity index (χ4n) is 4.08. The van der Waals surface area contributed by atoms with Crippen molar-refractivity contribution in [1.29, 1.82) is 0 Å². The quantitative estimate of drug-likeness (QED) is 0.847. The molecule has 6 nitrogen and oxygen atoms in total. The number of carboxylic acids is 1. The molecule has 0 bridgehead atoms. The van der Waals surface area contributed by atoms with Gasteiger partial charge in [0.2, 0.25) is 11.8 Å². The molecule has 2 fully saturated rings. The molecule has 1 saturated heterocycles. The topological polar surface area (TPSA) is 86.7 Å². The smallest absolute Gasteiger partial charge is 0.329 e. The van der Waals surface area contributed by atoms with Crippen molar-refractivity contribution in [1.82, 2.24) is 10.2 Å². The minimum atomic E-state index is -1.17. The van der Waals surface area contributed by atoms with Crippen LogP contribution in [0.2, 0.25) is 0 Å². The average Bonchev–Trinajstić information content (AvgIpc) is 3.04. The number of carbonyl (C=O) groups excluding carboxylic acids is 2. The predicted molar refractivity (Wildman–Crippen MR) is 96.3 cm³/mol. The van der Waals surface area contributed by atoms with Crippen LogP contribution in [-0.4, -0.2) is 39.9 Å². The fraction of sp³-hybridized carbons (Fsp3) is 0.550. The Labute approximate surface area is 153 Å². The molecular weight excluding hydrogens is 332 g/mol. The maximum Gasteiger partial charge on any atom is 0.329 e. The van der Waals surface area contributed by atoms with Crippen LogP contribution in [0, 0.1) is 5.92 Å². The zero-order valence-electron chi connectivity index (χ0n) is 15.1. The minimum absolute atomic E-state index is 0.0606. The lowest BCUT2D eigenvalue weighted by atomic mass is 9.81. The lowest BCUT2D eigenvalue weighted by molar-refractivity contribution is -0.150. The summed E-state index contributed by atoms with van der Waals surface area (Å²) >= 11 is 0. The molecule has 2 amide bonds. The summed E-state index contributed by atoms with van der Waals surface area (Å²) in [6, 6.07) is 9.60. The van der Waals surface area contributed by atoms with Crippen LogP contribution in [0.15, 0.2) is 30.3 Å². The van der Waals surface area contributed by atoms with Crippen molar-refractivity contribution in [2.45, 2.75) is 57.0 Å². The molecule has 0 radical (unpaired) electrons. The van der Waals surface area contributed by atoms with E-state index in [1.807, 2.05) is 37.3 Å². The van der Waals surface area contributed by atoms with Gasteiger partial charge in [-0.25, -0.2) is 4.79 Å². The van der Waals surface area contributed by atoms with Crippen molar-refractivity contribution in [2.75, 3.05) is 6.54 Å². The van der Waals surface area contributed by atoms with Gasteiger partial charge in [0.25, 0.3) is 0 Å². The average molecular weight is 358 g/mol. The van der Waals surface area contributed by atoms with Crippen LogP contribution in [-0.2, 0) is 14.4 Å². The minimum Gasteiger partial charge on any atom is -0.480 e. The summed E-state index contributed by atoms with van der Waals surface area (Å²) < 4.78 is 0. The third kappa shape index (κ3) is 3.59. The van der Waals surface area contributed by atoms with Gasteiger partial charge in [0.1, 0.15) is 5.54 Å². The number of benzene rings is 1. The first-order valence-electron chi connectivity index (χ1n) is 9.33. The van der Waals surface area contributed by atoms with Gasteiger partial charge in [0, 0.05) is 13.0 Å². The highest BCUT2D eigenvalue weighted by atomic mass is 16.4. The molecule has 1 aliphatic carbocycles. The van der Waals surface area contributed by atoms with Crippen molar-refractivity contribution in [3.05, 3.63) is 35.9 Å². The summed E-state index contributed by atoms with van der Waals surface area (Å²) in [4.78, 5) is 38.6. The maximum atomic E-state index is 12.7. The van der Waals surface area contributed by atoms with E-state index in [1.54, 1.807) is 4.90 Å². The van der Waals surface area contributed by atoms with Gasteiger partial charge in [-0.05, 0) is 25.3 Å². The number of carbonyl (C=O) groups is 3. The third-order valence-electron chi connectivity index (χ3n) is 5.76. The van der Waals surface area contributed by atoms with E-state index in [2.05, 4.69) is 5.32 Å². The number of carboxylic acid groups (broad SMARTS) is 1. The normalized spacial score (nSPS) is 23.5. The van der Waals surface area contributed by atoms with Gasteiger partial charge in [-0.15, -0.1) is 0 Å². The van der Waals surface area contributed by atoms with Crippen LogP contribution in [0.4, 0.5) is 0 Å². The zero-order valence-corrected chi connectivity index (χ0v) is 15.1. The van der Waals surface area contributed by atoms with Crippen LogP contribution in [0.1, 0.15) is 57.1 Å². The largest absolute Gasteiger partial charge is 0.480 e. The van der Waals surface area contributed by atoms with Crippen molar-refractivity contribution < 1.29 is 19.5 Å². The summed E-state index contributed by atoms with van der Waals surface area (Å²) in [5.74, 6) is -1.84. The number of aliphatic carboxylic acids is 1. The highest BCUT2D eigenvalue weighted by molar-refractivity contribution is 5.93. The standard InChI is InChI=1S/C20H26N2O4/c1-14(15-8-4-2-5-9-15)22-13-16(12-17(22)23)18(24)21-20(19(25)26)10-6-3-7-11-20/h2,4-5,8-9,14,16H,3,6-7,10-13H2,1H3,(H,21,24)(H,25,26). The van der Waals surface area contributed by atoms with E-state index in [0.717, 1.165) is 24.8 Å². The second kappa shape index (κ2) is 7.48. The van der Waals surface area contributed by atoms with Crippen LogP contribution in [0.25, 0.3) is 0 Å². The van der Waals surface area contributed by atoms with E-state index in [0.29, 0.717) is 19.4 Å². The molecule has 26 heavy (non-hydrogen) atoms. The number of hydrogen-bond acceptors (Lipinski definition) is 3.